The fourth-order valence-electron chi connectivity index (χ4n) is 6.02. The minimum Gasteiger partial charge on any atom is -0.365 e. The van der Waals surface area contributed by atoms with Gasteiger partial charge in [0.05, 0.1) is 16.6 Å². The summed E-state index contributed by atoms with van der Waals surface area (Å²) in [5.41, 5.74) is -1.01. The molecule has 26 heavy (non-hydrogen) atoms. The van der Waals surface area contributed by atoms with Gasteiger partial charge in [-0.3, -0.25) is 9.59 Å². The second-order valence-electron chi connectivity index (χ2n) is 9.96. The van der Waals surface area contributed by atoms with Crippen LogP contribution in [0.1, 0.15) is 52.4 Å². The first-order valence-corrected chi connectivity index (χ1v) is 10.1. The molecule has 0 aromatic heterocycles. The lowest BCUT2D eigenvalue weighted by molar-refractivity contribution is -0.149. The summed E-state index contributed by atoms with van der Waals surface area (Å²) in [6, 6.07) is 0. The Bertz CT molecular complexity index is 616. The number of amides is 2. The Hall–Kier alpha value is -1.14. The third-order valence-electron chi connectivity index (χ3n) is 7.68. The molecule has 3 saturated heterocycles. The van der Waals surface area contributed by atoms with Crippen LogP contribution in [-0.2, 0) is 14.3 Å². The first-order valence-electron chi connectivity index (χ1n) is 10.1. The maximum absolute atomic E-state index is 13.0. The van der Waals surface area contributed by atoms with Gasteiger partial charge in [-0.2, -0.15) is 0 Å². The molecule has 1 unspecified atom stereocenters. The predicted molar refractivity (Wildman–Crippen MR) is 98.5 cm³/mol. The molecule has 2 amide bonds. The monoisotopic (exact) mass is 363 g/mol. The van der Waals surface area contributed by atoms with Gasteiger partial charge in [-0.05, 0) is 57.0 Å². The lowest BCUT2D eigenvalue weighted by Gasteiger charge is -2.49. The van der Waals surface area contributed by atoms with Gasteiger partial charge in [0.2, 0.25) is 11.8 Å². The van der Waals surface area contributed by atoms with Crippen LogP contribution in [0, 0.1) is 16.7 Å². The average Bonchev–Trinajstić information content (AvgIpc) is 2.96. The number of nitrogens with zero attached hydrogens (tertiary/aromatic N) is 1. The highest BCUT2D eigenvalue weighted by Gasteiger charge is 2.77. The van der Waals surface area contributed by atoms with Crippen LogP contribution < -0.4 is 10.6 Å². The van der Waals surface area contributed by atoms with E-state index in [1.165, 1.54) is 0 Å². The number of hydrogen-bond donors (Lipinski definition) is 2. The van der Waals surface area contributed by atoms with E-state index < -0.39 is 5.41 Å². The Kier molecular flexibility index (Phi) is 3.98. The summed E-state index contributed by atoms with van der Waals surface area (Å²) in [7, 11) is 3.68. The van der Waals surface area contributed by atoms with Crippen LogP contribution in [0.15, 0.2) is 0 Å². The molecule has 6 heteroatoms. The molecule has 5 fully saturated rings. The van der Waals surface area contributed by atoms with E-state index in [0.717, 1.165) is 51.6 Å². The molecule has 5 aliphatic rings. The van der Waals surface area contributed by atoms with Crippen molar-refractivity contribution in [3.05, 3.63) is 0 Å². The van der Waals surface area contributed by atoms with E-state index in [1.807, 2.05) is 14.1 Å². The van der Waals surface area contributed by atoms with Crippen molar-refractivity contribution >= 4 is 11.8 Å². The molecule has 3 aliphatic heterocycles. The van der Waals surface area contributed by atoms with E-state index in [1.54, 1.807) is 4.90 Å². The number of carbonyl (C=O) groups is 2. The zero-order valence-corrected chi connectivity index (χ0v) is 16.6. The Morgan fingerprint density at radius 1 is 1.15 bits per heavy atom. The van der Waals surface area contributed by atoms with Gasteiger partial charge in [-0.1, -0.05) is 13.8 Å². The molecule has 146 valence electrons. The van der Waals surface area contributed by atoms with Crippen molar-refractivity contribution in [1.82, 2.24) is 15.5 Å². The quantitative estimate of drug-likeness (QED) is 0.790. The number of carbonyl (C=O) groups excluding carboxylic acids is 2. The minimum absolute atomic E-state index is 0.110. The summed E-state index contributed by atoms with van der Waals surface area (Å²) in [5, 5.41) is 6.55. The molecule has 1 atom stereocenters. The molecule has 0 aromatic rings. The molecule has 6 nitrogen and oxygen atoms in total. The van der Waals surface area contributed by atoms with Gasteiger partial charge in [-0.25, -0.2) is 0 Å². The van der Waals surface area contributed by atoms with Gasteiger partial charge in [0, 0.05) is 26.6 Å². The lowest BCUT2D eigenvalue weighted by atomic mass is 9.53. The van der Waals surface area contributed by atoms with Gasteiger partial charge < -0.3 is 20.3 Å². The topological polar surface area (TPSA) is 70.7 Å². The molecular weight excluding hydrogens is 330 g/mol. The molecule has 2 N–H and O–H groups in total. The number of piperidine rings is 1. The standard InChI is InChI=1S/C20H33N3O3/c1-17(2)6-5-14(17)15(24)22-13-18-11-19(12-18,16(25)23(3)4)20(26-18)7-9-21-10-8-20/h14,21H,5-13H2,1-4H3,(H,22,24). The highest BCUT2D eigenvalue weighted by molar-refractivity contribution is 5.87. The summed E-state index contributed by atoms with van der Waals surface area (Å²) in [4.78, 5) is 27.4. The Morgan fingerprint density at radius 3 is 2.31 bits per heavy atom. The fourth-order valence-corrected chi connectivity index (χ4v) is 6.02. The summed E-state index contributed by atoms with van der Waals surface area (Å²) in [6.07, 6.45) is 5.32. The molecule has 2 aliphatic carbocycles. The van der Waals surface area contributed by atoms with E-state index in [0.29, 0.717) is 6.54 Å². The highest BCUT2D eigenvalue weighted by Crippen LogP contribution is 2.69. The van der Waals surface area contributed by atoms with Crippen molar-refractivity contribution in [3.8, 4) is 0 Å². The second kappa shape index (κ2) is 5.68. The molecular formula is C20H33N3O3. The maximum Gasteiger partial charge on any atom is 0.231 e. The van der Waals surface area contributed by atoms with E-state index in [4.69, 9.17) is 4.74 Å². The van der Waals surface area contributed by atoms with Crippen LogP contribution in [0.4, 0.5) is 0 Å². The Balaban J connectivity index is 1.48. The van der Waals surface area contributed by atoms with E-state index >= 15 is 0 Å². The first-order chi connectivity index (χ1) is 12.2. The Labute approximate surface area is 156 Å². The van der Waals surface area contributed by atoms with Crippen LogP contribution >= 0.6 is 0 Å². The zero-order valence-electron chi connectivity index (χ0n) is 16.6. The minimum atomic E-state index is -0.404. The number of rotatable bonds is 4. The second-order valence-corrected chi connectivity index (χ2v) is 9.96. The predicted octanol–water partition coefficient (Wildman–Crippen LogP) is 1.30. The molecule has 0 radical (unpaired) electrons. The molecule has 1 spiro atoms. The van der Waals surface area contributed by atoms with Gasteiger partial charge >= 0.3 is 0 Å². The van der Waals surface area contributed by atoms with Crippen LogP contribution in [0.25, 0.3) is 0 Å². The molecule has 3 heterocycles. The third kappa shape index (κ3) is 2.37. The molecule has 0 aromatic carbocycles. The molecule has 2 saturated carbocycles. The van der Waals surface area contributed by atoms with Crippen molar-refractivity contribution in [3.63, 3.8) is 0 Å². The van der Waals surface area contributed by atoms with Crippen LogP contribution in [0.2, 0.25) is 0 Å². The lowest BCUT2D eigenvalue weighted by Crippen LogP contribution is -2.61. The van der Waals surface area contributed by atoms with Gasteiger partial charge in [0.15, 0.2) is 0 Å². The van der Waals surface area contributed by atoms with Crippen molar-refractivity contribution in [2.45, 2.75) is 63.6 Å². The van der Waals surface area contributed by atoms with Crippen LogP contribution in [0.5, 0.6) is 0 Å². The normalized spacial score (nSPS) is 39.0. The highest BCUT2D eigenvalue weighted by atomic mass is 16.5. The van der Waals surface area contributed by atoms with Crippen molar-refractivity contribution in [2.75, 3.05) is 33.7 Å². The first kappa shape index (κ1) is 18.2. The fraction of sp³-hybridized carbons (Fsp3) is 0.900. The zero-order chi connectivity index (χ0) is 18.8. The van der Waals surface area contributed by atoms with Gasteiger partial charge in [-0.15, -0.1) is 0 Å². The van der Waals surface area contributed by atoms with Crippen LogP contribution in [-0.4, -0.2) is 61.6 Å². The molecule has 2 bridgehead atoms. The summed E-state index contributed by atoms with van der Waals surface area (Å²) in [5.74, 6) is 0.460. The number of hydrogen-bond acceptors (Lipinski definition) is 4. The van der Waals surface area contributed by atoms with E-state index in [2.05, 4.69) is 24.5 Å². The van der Waals surface area contributed by atoms with Crippen LogP contribution in [0.3, 0.4) is 0 Å². The van der Waals surface area contributed by atoms with Gasteiger partial charge in [0.1, 0.15) is 0 Å². The maximum atomic E-state index is 13.0. The summed E-state index contributed by atoms with van der Waals surface area (Å²) >= 11 is 0. The third-order valence-corrected chi connectivity index (χ3v) is 7.68. The van der Waals surface area contributed by atoms with E-state index in [-0.39, 0.29) is 34.3 Å². The summed E-state index contributed by atoms with van der Waals surface area (Å²) in [6.45, 7) is 6.65. The number of nitrogens with one attached hydrogen (secondary N) is 2. The Morgan fingerprint density at radius 2 is 1.81 bits per heavy atom. The molecule has 5 rings (SSSR count). The summed E-state index contributed by atoms with van der Waals surface area (Å²) < 4.78 is 6.66. The number of ether oxygens (including phenoxy) is 1. The van der Waals surface area contributed by atoms with E-state index in [9.17, 15) is 9.59 Å². The SMILES string of the molecule is CN(C)C(=O)C12CC(CNC(=O)C3CCC3(C)C)(C1)OC21CCNCC1. The van der Waals surface area contributed by atoms with Crippen molar-refractivity contribution in [2.24, 2.45) is 16.7 Å². The van der Waals surface area contributed by atoms with Crippen molar-refractivity contribution in [1.29, 1.82) is 0 Å². The largest absolute Gasteiger partial charge is 0.365 e. The van der Waals surface area contributed by atoms with Crippen molar-refractivity contribution < 1.29 is 14.3 Å². The van der Waals surface area contributed by atoms with Gasteiger partial charge in [0.25, 0.3) is 0 Å². The smallest absolute Gasteiger partial charge is 0.231 e. The average molecular weight is 364 g/mol.